The minimum Gasteiger partial charge on any atom is -0.330 e. The number of nitrogens with zero attached hydrogens (tertiary/aromatic N) is 2. The molecule has 1 atom stereocenters. The quantitative estimate of drug-likeness (QED) is 0.879. The van der Waals surface area contributed by atoms with Gasteiger partial charge in [-0.2, -0.15) is 4.31 Å². The van der Waals surface area contributed by atoms with Crippen LogP contribution in [-0.2, 0) is 16.4 Å². The van der Waals surface area contributed by atoms with Crippen molar-refractivity contribution in [3.8, 4) is 0 Å². The van der Waals surface area contributed by atoms with Crippen molar-refractivity contribution >= 4 is 10.0 Å². The molecule has 1 unspecified atom stereocenters. The van der Waals surface area contributed by atoms with Gasteiger partial charge in [-0.3, -0.25) is 0 Å². The van der Waals surface area contributed by atoms with E-state index in [4.69, 9.17) is 5.73 Å². The zero-order valence-electron chi connectivity index (χ0n) is 12.1. The Labute approximate surface area is 121 Å². The number of benzene rings is 1. The molecule has 5 nitrogen and oxygen atoms in total. The summed E-state index contributed by atoms with van der Waals surface area (Å²) in [7, 11) is -1.35. The molecule has 0 radical (unpaired) electrons. The third kappa shape index (κ3) is 3.20. The van der Waals surface area contributed by atoms with E-state index in [0.29, 0.717) is 24.5 Å². The summed E-state index contributed by atoms with van der Waals surface area (Å²) in [5.41, 5.74) is 6.57. The normalized spacial score (nSPS) is 22.1. The number of hydrogen-bond donors (Lipinski definition) is 1. The largest absolute Gasteiger partial charge is 0.330 e. The molecule has 0 amide bonds. The van der Waals surface area contributed by atoms with Crippen LogP contribution in [0.5, 0.6) is 0 Å². The van der Waals surface area contributed by atoms with Crippen LogP contribution in [0.4, 0.5) is 0 Å². The fraction of sp³-hybridized carbons (Fsp3) is 0.571. The Morgan fingerprint density at radius 3 is 2.45 bits per heavy atom. The van der Waals surface area contributed by atoms with E-state index in [1.165, 1.54) is 0 Å². The van der Waals surface area contributed by atoms with Crippen molar-refractivity contribution in [2.45, 2.75) is 24.3 Å². The van der Waals surface area contributed by atoms with E-state index in [1.54, 1.807) is 16.4 Å². The number of likely N-dealkylation sites (N-methyl/N-ethyl adjacent to an activating group) is 1. The Morgan fingerprint density at radius 1 is 1.25 bits per heavy atom. The van der Waals surface area contributed by atoms with Crippen molar-refractivity contribution in [2.75, 3.05) is 33.2 Å². The first-order chi connectivity index (χ1) is 9.45. The van der Waals surface area contributed by atoms with E-state index < -0.39 is 10.0 Å². The van der Waals surface area contributed by atoms with Gasteiger partial charge < -0.3 is 10.6 Å². The number of rotatable bonds is 4. The van der Waals surface area contributed by atoms with Crippen LogP contribution < -0.4 is 5.73 Å². The third-order valence-corrected chi connectivity index (χ3v) is 5.80. The average molecular weight is 297 g/mol. The summed E-state index contributed by atoms with van der Waals surface area (Å²) in [5, 5.41) is 0. The molecule has 1 aromatic carbocycles. The highest BCUT2D eigenvalue weighted by molar-refractivity contribution is 7.89. The molecule has 0 aromatic heterocycles. The van der Waals surface area contributed by atoms with Crippen LogP contribution in [0.15, 0.2) is 29.2 Å². The van der Waals surface area contributed by atoms with Crippen molar-refractivity contribution in [3.05, 3.63) is 29.8 Å². The maximum Gasteiger partial charge on any atom is 0.243 e. The zero-order chi connectivity index (χ0) is 14.8. The van der Waals surface area contributed by atoms with Crippen molar-refractivity contribution in [2.24, 2.45) is 5.73 Å². The van der Waals surface area contributed by atoms with Crippen LogP contribution in [0.25, 0.3) is 0 Å². The third-order valence-electron chi connectivity index (χ3n) is 3.92. The molecule has 20 heavy (non-hydrogen) atoms. The number of sulfonamides is 1. The number of hydrogen-bond acceptors (Lipinski definition) is 4. The lowest BCUT2D eigenvalue weighted by molar-refractivity contribution is 0.159. The highest BCUT2D eigenvalue weighted by Crippen LogP contribution is 2.20. The maximum atomic E-state index is 12.6. The molecule has 0 spiro atoms. The second-order valence-electron chi connectivity index (χ2n) is 5.38. The van der Waals surface area contributed by atoms with E-state index in [1.807, 2.05) is 26.1 Å². The lowest BCUT2D eigenvalue weighted by Gasteiger charge is -2.36. The topological polar surface area (TPSA) is 66.6 Å². The van der Waals surface area contributed by atoms with Gasteiger partial charge in [0, 0.05) is 25.7 Å². The number of piperazine rings is 1. The molecule has 0 aliphatic carbocycles. The van der Waals surface area contributed by atoms with Gasteiger partial charge in [0.15, 0.2) is 0 Å². The van der Waals surface area contributed by atoms with E-state index in [9.17, 15) is 8.42 Å². The van der Waals surface area contributed by atoms with Crippen LogP contribution >= 0.6 is 0 Å². The minimum absolute atomic E-state index is 0.245. The SMILES string of the molecule is CC1CN(S(=O)(=O)c2ccc(CCN)cc2)CCN1C. The number of nitrogens with two attached hydrogens (primary N) is 1. The summed E-state index contributed by atoms with van der Waals surface area (Å²) >= 11 is 0. The second-order valence-corrected chi connectivity index (χ2v) is 7.31. The van der Waals surface area contributed by atoms with Crippen LogP contribution in [0.1, 0.15) is 12.5 Å². The summed E-state index contributed by atoms with van der Waals surface area (Å²) < 4.78 is 26.8. The van der Waals surface area contributed by atoms with Crippen LogP contribution in [-0.4, -0.2) is 56.9 Å². The van der Waals surface area contributed by atoms with Gasteiger partial charge in [-0.05, 0) is 44.6 Å². The first-order valence-electron chi connectivity index (χ1n) is 6.94. The van der Waals surface area contributed by atoms with Crippen molar-refractivity contribution < 1.29 is 8.42 Å². The van der Waals surface area contributed by atoms with E-state index in [-0.39, 0.29) is 6.04 Å². The van der Waals surface area contributed by atoms with Crippen LogP contribution in [0, 0.1) is 0 Å². The molecule has 2 N–H and O–H groups in total. The summed E-state index contributed by atoms with van der Waals surface area (Å²) in [4.78, 5) is 2.55. The molecule has 6 heteroatoms. The second kappa shape index (κ2) is 6.22. The highest BCUT2D eigenvalue weighted by Gasteiger charge is 2.30. The molecular weight excluding hydrogens is 274 g/mol. The van der Waals surface area contributed by atoms with Crippen LogP contribution in [0.3, 0.4) is 0 Å². The van der Waals surface area contributed by atoms with Gasteiger partial charge in [0.1, 0.15) is 0 Å². The first kappa shape index (κ1) is 15.4. The monoisotopic (exact) mass is 297 g/mol. The molecule has 1 saturated heterocycles. The van der Waals surface area contributed by atoms with Crippen LogP contribution in [0.2, 0.25) is 0 Å². The van der Waals surface area contributed by atoms with E-state index in [2.05, 4.69) is 4.90 Å². The molecule has 1 fully saturated rings. The van der Waals surface area contributed by atoms with Gasteiger partial charge in [0.25, 0.3) is 0 Å². The van der Waals surface area contributed by atoms with Crippen molar-refractivity contribution in [1.82, 2.24) is 9.21 Å². The zero-order valence-corrected chi connectivity index (χ0v) is 12.9. The molecular formula is C14H23N3O2S. The molecule has 1 aliphatic heterocycles. The fourth-order valence-corrected chi connectivity index (χ4v) is 3.89. The van der Waals surface area contributed by atoms with Gasteiger partial charge in [-0.1, -0.05) is 12.1 Å². The summed E-state index contributed by atoms with van der Waals surface area (Å²) in [5.74, 6) is 0. The Balaban J connectivity index is 2.17. The lowest BCUT2D eigenvalue weighted by Crippen LogP contribution is -2.51. The Bertz CT molecular complexity index is 542. The Kier molecular flexibility index (Phi) is 4.80. The molecule has 112 valence electrons. The fourth-order valence-electron chi connectivity index (χ4n) is 2.38. The molecule has 0 saturated carbocycles. The van der Waals surface area contributed by atoms with Gasteiger partial charge in [0.05, 0.1) is 4.90 Å². The molecule has 1 heterocycles. The first-order valence-corrected chi connectivity index (χ1v) is 8.38. The van der Waals surface area contributed by atoms with E-state index >= 15 is 0 Å². The lowest BCUT2D eigenvalue weighted by atomic mass is 10.2. The molecule has 0 bridgehead atoms. The standard InChI is InChI=1S/C14H23N3O2S/c1-12-11-17(10-9-16(12)2)20(18,19)14-5-3-13(4-6-14)7-8-15/h3-6,12H,7-11,15H2,1-2H3. The van der Waals surface area contributed by atoms with Gasteiger partial charge >= 0.3 is 0 Å². The summed E-state index contributed by atoms with van der Waals surface area (Å²) in [6, 6.07) is 7.31. The predicted octanol–water partition coefficient (Wildman–Crippen LogP) is 0.512. The smallest absolute Gasteiger partial charge is 0.243 e. The van der Waals surface area contributed by atoms with Gasteiger partial charge in [-0.25, -0.2) is 8.42 Å². The average Bonchev–Trinajstić information content (AvgIpc) is 2.43. The molecule has 1 aliphatic rings. The predicted molar refractivity (Wildman–Crippen MR) is 80.1 cm³/mol. The van der Waals surface area contributed by atoms with Gasteiger partial charge in [-0.15, -0.1) is 0 Å². The minimum atomic E-state index is -3.37. The Morgan fingerprint density at radius 2 is 1.90 bits per heavy atom. The van der Waals surface area contributed by atoms with Crippen molar-refractivity contribution in [1.29, 1.82) is 0 Å². The molecule has 2 rings (SSSR count). The summed E-state index contributed by atoms with van der Waals surface area (Å²) in [6.07, 6.45) is 0.770. The maximum absolute atomic E-state index is 12.6. The molecule has 1 aromatic rings. The summed E-state index contributed by atoms with van der Waals surface area (Å²) in [6.45, 7) is 4.48. The van der Waals surface area contributed by atoms with Crippen molar-refractivity contribution in [3.63, 3.8) is 0 Å². The highest BCUT2D eigenvalue weighted by atomic mass is 32.2. The van der Waals surface area contributed by atoms with Gasteiger partial charge in [0.2, 0.25) is 10.0 Å². The van der Waals surface area contributed by atoms with E-state index in [0.717, 1.165) is 18.5 Å². The Hall–Kier alpha value is -0.950.